The van der Waals surface area contributed by atoms with Crippen LogP contribution in [0.2, 0.25) is 5.02 Å². The molecular weight excluding hydrogens is 382 g/mol. The fourth-order valence-electron chi connectivity index (χ4n) is 2.62. The Morgan fingerprint density at radius 2 is 1.89 bits per heavy atom. The molecule has 6 nitrogen and oxygen atoms in total. The number of aliphatic hydroxyl groups excluding tert-OH is 1. The highest BCUT2D eigenvalue weighted by atomic mass is 35.5. The molecule has 1 unspecified atom stereocenters. The van der Waals surface area contributed by atoms with Crippen molar-refractivity contribution in [1.82, 2.24) is 4.98 Å². The van der Waals surface area contributed by atoms with Gasteiger partial charge < -0.3 is 5.11 Å². The van der Waals surface area contributed by atoms with Crippen molar-refractivity contribution in [2.75, 3.05) is 10.4 Å². The van der Waals surface area contributed by atoms with Gasteiger partial charge in [-0.15, -0.1) is 11.3 Å². The summed E-state index contributed by atoms with van der Waals surface area (Å²) < 4.78 is 0. The van der Waals surface area contributed by atoms with Crippen LogP contribution in [0.25, 0.3) is 11.3 Å². The molecule has 0 aliphatic carbocycles. The summed E-state index contributed by atoms with van der Waals surface area (Å²) in [6.45, 7) is 1.80. The highest BCUT2D eigenvalue weighted by Gasteiger charge is 2.32. The summed E-state index contributed by atoms with van der Waals surface area (Å²) in [5, 5.41) is 24.1. The number of benzene rings is 2. The number of anilines is 2. The first kappa shape index (κ1) is 17.7. The number of hydrogen-bond donors (Lipinski definition) is 2. The van der Waals surface area contributed by atoms with Gasteiger partial charge >= 0.3 is 0 Å². The van der Waals surface area contributed by atoms with Crippen LogP contribution in [0.15, 0.2) is 70.2 Å². The molecule has 1 atom stereocenters. The summed E-state index contributed by atoms with van der Waals surface area (Å²) in [7, 11) is 0. The largest absolute Gasteiger partial charge is 0.366 e. The standard InChI is InChI=1S/C19H16ClN5OS/c1-12-17(23-22-15-9-7-14(20)8-10-15)18(26)25(24-12)19-21-16(11-27-19)13-5-3-2-4-6-13/h2-11,18,22,26H,1H3/b23-17-. The van der Waals surface area contributed by atoms with Crippen molar-refractivity contribution in [3.63, 3.8) is 0 Å². The molecule has 0 saturated heterocycles. The third-order valence-corrected chi connectivity index (χ3v) is 5.09. The van der Waals surface area contributed by atoms with E-state index in [0.29, 0.717) is 21.6 Å². The molecule has 1 aliphatic rings. The van der Waals surface area contributed by atoms with Gasteiger partial charge in [-0.3, -0.25) is 5.43 Å². The van der Waals surface area contributed by atoms with Gasteiger partial charge in [0.05, 0.1) is 17.1 Å². The molecule has 1 aromatic heterocycles. The monoisotopic (exact) mass is 397 g/mol. The van der Waals surface area contributed by atoms with Gasteiger partial charge in [-0.05, 0) is 31.2 Å². The lowest BCUT2D eigenvalue weighted by Gasteiger charge is -2.15. The summed E-state index contributed by atoms with van der Waals surface area (Å²) >= 11 is 7.31. The molecule has 8 heteroatoms. The third-order valence-electron chi connectivity index (χ3n) is 4.01. The van der Waals surface area contributed by atoms with Crippen molar-refractivity contribution in [1.29, 1.82) is 0 Å². The second-order valence-electron chi connectivity index (χ2n) is 5.90. The SMILES string of the molecule is CC1=NN(c2nc(-c3ccccc3)cs2)C(O)/C1=N\Nc1ccc(Cl)cc1. The van der Waals surface area contributed by atoms with Gasteiger partial charge in [-0.1, -0.05) is 41.9 Å². The predicted molar refractivity (Wildman–Crippen MR) is 112 cm³/mol. The van der Waals surface area contributed by atoms with E-state index in [9.17, 15) is 5.11 Å². The minimum atomic E-state index is -1.00. The van der Waals surface area contributed by atoms with E-state index in [-0.39, 0.29) is 0 Å². The number of halogens is 1. The van der Waals surface area contributed by atoms with Gasteiger partial charge in [0.1, 0.15) is 5.71 Å². The molecule has 0 radical (unpaired) electrons. The Morgan fingerprint density at radius 3 is 2.63 bits per heavy atom. The zero-order valence-corrected chi connectivity index (χ0v) is 15.9. The summed E-state index contributed by atoms with van der Waals surface area (Å²) in [5.41, 5.74) is 6.63. The zero-order chi connectivity index (χ0) is 18.8. The minimum Gasteiger partial charge on any atom is -0.366 e. The number of nitrogens with zero attached hydrogens (tertiary/aromatic N) is 4. The molecule has 1 aliphatic heterocycles. The molecule has 3 aromatic rings. The van der Waals surface area contributed by atoms with Crippen molar-refractivity contribution in [2.24, 2.45) is 10.2 Å². The Morgan fingerprint density at radius 1 is 1.15 bits per heavy atom. The summed E-state index contributed by atoms with van der Waals surface area (Å²) in [4.78, 5) is 4.60. The van der Waals surface area contributed by atoms with Crippen LogP contribution in [0.1, 0.15) is 6.92 Å². The number of rotatable bonds is 4. The summed E-state index contributed by atoms with van der Waals surface area (Å²) in [5.74, 6) is 0. The van der Waals surface area contributed by atoms with Crippen LogP contribution < -0.4 is 10.4 Å². The van der Waals surface area contributed by atoms with Crippen LogP contribution in [0, 0.1) is 0 Å². The Labute approximate surface area is 165 Å². The van der Waals surface area contributed by atoms with Crippen molar-refractivity contribution in [3.05, 3.63) is 65.0 Å². The first-order valence-electron chi connectivity index (χ1n) is 8.25. The molecule has 0 spiro atoms. The molecule has 136 valence electrons. The van der Waals surface area contributed by atoms with Gasteiger partial charge in [0, 0.05) is 16.0 Å². The van der Waals surface area contributed by atoms with E-state index in [1.54, 1.807) is 19.1 Å². The zero-order valence-electron chi connectivity index (χ0n) is 14.4. The quantitative estimate of drug-likeness (QED) is 0.638. The topological polar surface area (TPSA) is 73.1 Å². The second-order valence-corrected chi connectivity index (χ2v) is 7.17. The molecule has 0 bridgehead atoms. The van der Waals surface area contributed by atoms with E-state index < -0.39 is 6.23 Å². The van der Waals surface area contributed by atoms with E-state index in [2.05, 4.69) is 20.6 Å². The van der Waals surface area contributed by atoms with Crippen molar-refractivity contribution in [3.8, 4) is 11.3 Å². The molecule has 0 saturated carbocycles. The first-order valence-corrected chi connectivity index (χ1v) is 9.50. The predicted octanol–water partition coefficient (Wildman–Crippen LogP) is 4.45. The van der Waals surface area contributed by atoms with Gasteiger partial charge in [0.25, 0.3) is 0 Å². The van der Waals surface area contributed by atoms with Crippen molar-refractivity contribution in [2.45, 2.75) is 13.2 Å². The second kappa shape index (κ2) is 7.48. The van der Waals surface area contributed by atoms with Crippen LogP contribution in [-0.2, 0) is 0 Å². The molecule has 0 fully saturated rings. The van der Waals surface area contributed by atoms with Crippen LogP contribution in [0.5, 0.6) is 0 Å². The van der Waals surface area contributed by atoms with E-state index >= 15 is 0 Å². The van der Waals surface area contributed by atoms with E-state index in [4.69, 9.17) is 11.6 Å². The average Bonchev–Trinajstić information content (AvgIpc) is 3.27. The fourth-order valence-corrected chi connectivity index (χ4v) is 3.55. The maximum Gasteiger partial charge on any atom is 0.209 e. The summed E-state index contributed by atoms with van der Waals surface area (Å²) in [6, 6.07) is 17.0. The van der Waals surface area contributed by atoms with Crippen LogP contribution in [-0.4, -0.2) is 27.7 Å². The number of thiazole rings is 1. The minimum absolute atomic E-state index is 0.446. The van der Waals surface area contributed by atoms with Crippen LogP contribution >= 0.6 is 22.9 Å². The third kappa shape index (κ3) is 3.71. The molecule has 0 amide bonds. The van der Waals surface area contributed by atoms with Crippen LogP contribution in [0.3, 0.4) is 0 Å². The van der Waals surface area contributed by atoms with Crippen molar-refractivity contribution < 1.29 is 5.11 Å². The van der Waals surface area contributed by atoms with Crippen molar-refractivity contribution >= 4 is 45.2 Å². The highest BCUT2D eigenvalue weighted by Crippen LogP contribution is 2.30. The number of aromatic nitrogens is 1. The average molecular weight is 398 g/mol. The molecule has 2 aromatic carbocycles. The number of nitrogens with one attached hydrogen (secondary N) is 1. The number of hydrazone groups is 2. The fraction of sp³-hybridized carbons (Fsp3) is 0.105. The van der Waals surface area contributed by atoms with E-state index in [1.807, 2.05) is 47.8 Å². The van der Waals surface area contributed by atoms with Gasteiger partial charge in [0.2, 0.25) is 5.13 Å². The number of aliphatic hydroxyl groups is 1. The maximum absolute atomic E-state index is 10.7. The van der Waals surface area contributed by atoms with Gasteiger partial charge in [-0.2, -0.15) is 10.2 Å². The first-order chi connectivity index (χ1) is 13.1. The highest BCUT2D eigenvalue weighted by molar-refractivity contribution is 7.14. The number of hydrogen-bond acceptors (Lipinski definition) is 7. The lowest BCUT2D eigenvalue weighted by atomic mass is 10.2. The molecule has 2 N–H and O–H groups in total. The normalized spacial score (nSPS) is 18.0. The molecule has 2 heterocycles. The molecule has 27 heavy (non-hydrogen) atoms. The summed E-state index contributed by atoms with van der Waals surface area (Å²) in [6.07, 6.45) is -1.00. The van der Waals surface area contributed by atoms with Crippen LogP contribution in [0.4, 0.5) is 10.8 Å². The maximum atomic E-state index is 10.7. The Hall–Kier alpha value is -2.74. The van der Waals surface area contributed by atoms with E-state index in [0.717, 1.165) is 16.9 Å². The smallest absolute Gasteiger partial charge is 0.209 e. The Bertz CT molecular complexity index is 1000. The molecular formula is C19H16ClN5OS. The van der Waals surface area contributed by atoms with Gasteiger partial charge in [0.15, 0.2) is 6.23 Å². The Kier molecular flexibility index (Phi) is 4.89. The van der Waals surface area contributed by atoms with Gasteiger partial charge in [-0.25, -0.2) is 9.99 Å². The lowest BCUT2D eigenvalue weighted by molar-refractivity contribution is 0.242. The lowest BCUT2D eigenvalue weighted by Crippen LogP contribution is -2.33. The van der Waals surface area contributed by atoms with E-state index in [1.165, 1.54) is 16.3 Å². The Balaban J connectivity index is 1.53. The molecule has 4 rings (SSSR count).